The summed E-state index contributed by atoms with van der Waals surface area (Å²) in [7, 11) is 3.35. The number of benzene rings is 2. The van der Waals surface area contributed by atoms with Crippen LogP contribution in [0.3, 0.4) is 0 Å². The highest BCUT2D eigenvalue weighted by Gasteiger charge is 2.18. The van der Waals surface area contributed by atoms with Crippen molar-refractivity contribution in [2.45, 2.75) is 13.0 Å². The van der Waals surface area contributed by atoms with E-state index in [1.54, 1.807) is 14.1 Å². The second-order valence-electron chi connectivity index (χ2n) is 6.15. The summed E-state index contributed by atoms with van der Waals surface area (Å²) in [6.45, 7) is 1.14. The Labute approximate surface area is 131 Å². The number of ether oxygens (including phenoxy) is 1. The van der Waals surface area contributed by atoms with Crippen LogP contribution in [0, 0.1) is 5.21 Å². The molecule has 0 atom stereocenters. The molecule has 2 aromatic carbocycles. The van der Waals surface area contributed by atoms with Crippen molar-refractivity contribution in [1.82, 2.24) is 0 Å². The quantitative estimate of drug-likeness (QED) is 0.634. The minimum atomic E-state index is -0.274. The van der Waals surface area contributed by atoms with E-state index in [0.29, 0.717) is 13.2 Å². The first-order valence-corrected chi connectivity index (χ1v) is 7.59. The van der Waals surface area contributed by atoms with Crippen LogP contribution in [0.5, 0.6) is 5.75 Å². The molecule has 0 aliphatic carbocycles. The van der Waals surface area contributed by atoms with Gasteiger partial charge in [-0.2, -0.15) is 0 Å². The highest BCUT2D eigenvalue weighted by Crippen LogP contribution is 2.36. The van der Waals surface area contributed by atoms with Gasteiger partial charge in [-0.25, -0.2) is 0 Å². The van der Waals surface area contributed by atoms with Crippen LogP contribution in [0.4, 0.5) is 0 Å². The van der Waals surface area contributed by atoms with Crippen LogP contribution in [0.2, 0.25) is 0 Å². The van der Waals surface area contributed by atoms with E-state index in [-0.39, 0.29) is 4.65 Å². The maximum atomic E-state index is 11.8. The minimum absolute atomic E-state index is 0.274. The Hall–Kier alpha value is -2.10. The first kappa shape index (κ1) is 14.8. The third kappa shape index (κ3) is 3.21. The zero-order valence-corrected chi connectivity index (χ0v) is 13.1. The molecule has 0 saturated carbocycles. The summed E-state index contributed by atoms with van der Waals surface area (Å²) in [5, 5.41) is 11.8. The minimum Gasteiger partial charge on any atom is -0.633 e. The van der Waals surface area contributed by atoms with Gasteiger partial charge >= 0.3 is 0 Å². The molecule has 1 aliphatic heterocycles. The molecular weight excluding hydrogens is 274 g/mol. The Kier molecular flexibility index (Phi) is 4.01. The molecule has 0 bridgehead atoms. The van der Waals surface area contributed by atoms with E-state index in [1.807, 2.05) is 30.3 Å². The van der Waals surface area contributed by atoms with Crippen LogP contribution in [0.15, 0.2) is 54.6 Å². The predicted molar refractivity (Wildman–Crippen MR) is 89.3 cm³/mol. The van der Waals surface area contributed by atoms with Crippen molar-refractivity contribution < 1.29 is 9.38 Å². The van der Waals surface area contributed by atoms with Crippen LogP contribution in [-0.2, 0) is 6.61 Å². The lowest BCUT2D eigenvalue weighted by atomic mass is 9.93. The fraction of sp³-hybridized carbons (Fsp3) is 0.263. The second-order valence-corrected chi connectivity index (χ2v) is 6.15. The molecule has 3 heteroatoms. The lowest BCUT2D eigenvalue weighted by Crippen LogP contribution is -2.32. The largest absolute Gasteiger partial charge is 0.633 e. The summed E-state index contributed by atoms with van der Waals surface area (Å²) in [5.74, 6) is 0.904. The molecule has 3 nitrogen and oxygen atoms in total. The van der Waals surface area contributed by atoms with E-state index in [0.717, 1.165) is 23.3 Å². The third-order valence-corrected chi connectivity index (χ3v) is 3.88. The molecule has 0 N–H and O–H groups in total. The molecule has 0 unspecified atom stereocenters. The van der Waals surface area contributed by atoms with Gasteiger partial charge in [-0.3, -0.25) is 0 Å². The molecule has 22 heavy (non-hydrogen) atoms. The van der Waals surface area contributed by atoms with E-state index >= 15 is 0 Å². The maximum Gasteiger partial charge on any atom is 0.127 e. The number of hydrogen-bond acceptors (Lipinski definition) is 2. The van der Waals surface area contributed by atoms with Crippen molar-refractivity contribution in [3.63, 3.8) is 0 Å². The first-order valence-electron chi connectivity index (χ1n) is 7.59. The van der Waals surface area contributed by atoms with Gasteiger partial charge in [0.15, 0.2) is 0 Å². The predicted octanol–water partition coefficient (Wildman–Crippen LogP) is 3.98. The topological polar surface area (TPSA) is 32.3 Å². The molecule has 1 aliphatic rings. The van der Waals surface area contributed by atoms with E-state index in [9.17, 15) is 5.21 Å². The number of hydroxylamine groups is 3. The highest BCUT2D eigenvalue weighted by atomic mass is 16.5. The van der Waals surface area contributed by atoms with Crippen molar-refractivity contribution in [3.8, 4) is 5.75 Å². The second kappa shape index (κ2) is 5.95. The van der Waals surface area contributed by atoms with Gasteiger partial charge in [-0.15, -0.1) is 0 Å². The Morgan fingerprint density at radius 1 is 1.05 bits per heavy atom. The Balaban J connectivity index is 2.04. The maximum absolute atomic E-state index is 11.8. The number of fused-ring (bicyclic) bond motifs is 2. The van der Waals surface area contributed by atoms with Crippen LogP contribution in [0.25, 0.3) is 5.57 Å². The van der Waals surface area contributed by atoms with Gasteiger partial charge in [-0.1, -0.05) is 48.5 Å². The molecule has 0 aromatic heterocycles. The standard InChI is InChI=1S/C19H21NO2/c1-20(2,21)13-7-11-17-16-9-4-3-8-15(16)14-22-19-12-6-5-10-18(17)19/h3-6,8-12H,7,13-14H2,1-2H3. The number of para-hydroxylation sites is 1. The number of hydrogen-bond donors (Lipinski definition) is 0. The Morgan fingerprint density at radius 2 is 1.73 bits per heavy atom. The fourth-order valence-corrected chi connectivity index (χ4v) is 2.76. The van der Waals surface area contributed by atoms with E-state index in [1.165, 1.54) is 11.1 Å². The van der Waals surface area contributed by atoms with Gasteiger partial charge < -0.3 is 14.6 Å². The van der Waals surface area contributed by atoms with Crippen LogP contribution in [0.1, 0.15) is 23.1 Å². The van der Waals surface area contributed by atoms with E-state index in [4.69, 9.17) is 4.74 Å². The summed E-state index contributed by atoms with van der Waals surface area (Å²) in [6.07, 6.45) is 2.92. The van der Waals surface area contributed by atoms with Crippen LogP contribution < -0.4 is 4.74 Å². The Morgan fingerprint density at radius 3 is 2.50 bits per heavy atom. The molecule has 2 aromatic rings. The summed E-state index contributed by atoms with van der Waals surface area (Å²) in [4.78, 5) is 0. The van der Waals surface area contributed by atoms with E-state index in [2.05, 4.69) is 24.3 Å². The first-order chi connectivity index (χ1) is 10.5. The monoisotopic (exact) mass is 295 g/mol. The molecule has 1 heterocycles. The molecule has 0 spiro atoms. The fourth-order valence-electron chi connectivity index (χ4n) is 2.76. The van der Waals surface area contributed by atoms with Gasteiger partial charge in [0.05, 0.1) is 20.6 Å². The number of quaternary nitrogens is 1. The number of nitrogens with zero attached hydrogens (tertiary/aromatic N) is 1. The molecular formula is C19H21NO2. The van der Waals surface area contributed by atoms with Crippen LogP contribution in [-0.4, -0.2) is 25.3 Å². The average molecular weight is 295 g/mol. The van der Waals surface area contributed by atoms with Gasteiger partial charge in [0, 0.05) is 12.0 Å². The molecule has 3 rings (SSSR count). The molecule has 0 amide bonds. The zero-order valence-electron chi connectivity index (χ0n) is 13.1. The smallest absolute Gasteiger partial charge is 0.127 e. The van der Waals surface area contributed by atoms with Crippen molar-refractivity contribution in [2.24, 2.45) is 0 Å². The molecule has 0 fully saturated rings. The summed E-state index contributed by atoms with van der Waals surface area (Å²) < 4.78 is 5.67. The lowest BCUT2D eigenvalue weighted by molar-refractivity contribution is -0.839. The van der Waals surface area contributed by atoms with Gasteiger partial charge in [0.1, 0.15) is 12.4 Å². The van der Waals surface area contributed by atoms with Crippen molar-refractivity contribution in [3.05, 3.63) is 76.5 Å². The van der Waals surface area contributed by atoms with Crippen LogP contribution >= 0.6 is 0 Å². The van der Waals surface area contributed by atoms with Crippen molar-refractivity contribution >= 4 is 5.57 Å². The van der Waals surface area contributed by atoms with Gasteiger partial charge in [-0.05, 0) is 22.8 Å². The summed E-state index contributed by atoms with van der Waals surface area (Å²) >= 11 is 0. The SMILES string of the molecule is C[N+](C)([O-])CCC=C1c2ccccc2COc2ccccc21. The summed E-state index contributed by atoms with van der Waals surface area (Å²) in [6, 6.07) is 16.4. The van der Waals surface area contributed by atoms with Gasteiger partial charge in [0.2, 0.25) is 0 Å². The van der Waals surface area contributed by atoms with Crippen molar-refractivity contribution in [2.75, 3.05) is 20.6 Å². The normalized spacial score (nSPS) is 15.7. The molecule has 0 radical (unpaired) electrons. The molecule has 0 saturated heterocycles. The van der Waals surface area contributed by atoms with Gasteiger partial charge in [0.25, 0.3) is 0 Å². The van der Waals surface area contributed by atoms with Crippen molar-refractivity contribution in [1.29, 1.82) is 0 Å². The van der Waals surface area contributed by atoms with E-state index < -0.39 is 0 Å². The Bertz CT molecular complexity index is 649. The lowest BCUT2D eigenvalue weighted by Gasteiger charge is -2.33. The third-order valence-electron chi connectivity index (χ3n) is 3.88. The molecule has 114 valence electrons. The highest BCUT2D eigenvalue weighted by molar-refractivity contribution is 5.84. The average Bonchev–Trinajstić information content (AvgIpc) is 2.64. The zero-order chi connectivity index (χ0) is 15.6. The summed E-state index contributed by atoms with van der Waals surface area (Å²) in [5.41, 5.74) is 4.64. The number of rotatable bonds is 3.